The number of quaternary nitrogens is 1. The number of carbonyl (C=O) groups is 1. The number of benzene rings is 1. The molecule has 0 aliphatic heterocycles. The van der Waals surface area contributed by atoms with Gasteiger partial charge in [-0.05, 0) is 18.6 Å². The van der Waals surface area contributed by atoms with Crippen molar-refractivity contribution in [1.29, 1.82) is 0 Å². The summed E-state index contributed by atoms with van der Waals surface area (Å²) in [6, 6.07) is 6.12. The van der Waals surface area contributed by atoms with Gasteiger partial charge in [0, 0.05) is 18.6 Å². The third-order valence-electron chi connectivity index (χ3n) is 1.96. The van der Waals surface area contributed by atoms with Crippen LogP contribution in [0.15, 0.2) is 24.3 Å². The average Bonchev–Trinajstić information content (AvgIpc) is 2.27. The van der Waals surface area contributed by atoms with Crippen LogP contribution in [0.5, 0.6) is 0 Å². The zero-order valence-corrected chi connectivity index (χ0v) is 8.99. The summed E-state index contributed by atoms with van der Waals surface area (Å²) in [5, 5.41) is 18.3. The minimum Gasteiger partial charge on any atom is -0.595 e. The molecule has 0 radical (unpaired) electrons. The molecule has 0 fully saturated rings. The van der Waals surface area contributed by atoms with Crippen LogP contribution < -0.4 is 16.1 Å². The lowest BCUT2D eigenvalue weighted by molar-refractivity contribution is -0.991. The fraction of sp³-hybridized carbons (Fsp3) is 0.300. The van der Waals surface area contributed by atoms with Crippen molar-refractivity contribution < 1.29 is 15.2 Å². The highest BCUT2D eigenvalue weighted by Crippen LogP contribution is 2.08. The van der Waals surface area contributed by atoms with E-state index in [1.54, 1.807) is 12.1 Å². The summed E-state index contributed by atoms with van der Waals surface area (Å²) in [5.41, 5.74) is 6.08. The van der Waals surface area contributed by atoms with E-state index in [2.05, 4.69) is 10.9 Å². The molecule has 0 saturated carbocycles. The van der Waals surface area contributed by atoms with Crippen LogP contribution in [0.3, 0.4) is 0 Å². The van der Waals surface area contributed by atoms with Gasteiger partial charge in [0.15, 0.2) is 5.69 Å². The van der Waals surface area contributed by atoms with Crippen molar-refractivity contribution in [2.24, 2.45) is 0 Å². The Kier molecular flexibility index (Phi) is 4.71. The third kappa shape index (κ3) is 3.85. The molecule has 0 bridgehead atoms. The number of carbonyl (C=O) groups excluding carboxylic acids is 1. The Bertz CT molecular complexity index is 338. The van der Waals surface area contributed by atoms with Gasteiger partial charge in [0.05, 0.1) is 5.69 Å². The number of rotatable bonds is 5. The second-order valence-corrected chi connectivity index (χ2v) is 3.31. The zero-order valence-electron chi connectivity index (χ0n) is 8.99. The maximum Gasteiger partial charge on any atom is 0.238 e. The molecule has 0 aromatic heterocycles. The molecular weight excluding hydrogens is 210 g/mol. The van der Waals surface area contributed by atoms with E-state index in [-0.39, 0.29) is 11.6 Å². The minimum absolute atomic E-state index is 0.0928. The van der Waals surface area contributed by atoms with Crippen LogP contribution in [0.2, 0.25) is 0 Å². The monoisotopic (exact) mass is 225 g/mol. The van der Waals surface area contributed by atoms with E-state index in [9.17, 15) is 10.0 Å². The van der Waals surface area contributed by atoms with Gasteiger partial charge >= 0.3 is 0 Å². The third-order valence-corrected chi connectivity index (χ3v) is 1.96. The molecule has 1 unspecified atom stereocenters. The van der Waals surface area contributed by atoms with Crippen LogP contribution in [0, 0.1) is 5.21 Å². The highest BCUT2D eigenvalue weighted by molar-refractivity contribution is 5.77. The fourth-order valence-corrected chi connectivity index (χ4v) is 1.13. The van der Waals surface area contributed by atoms with Crippen molar-refractivity contribution in [1.82, 2.24) is 5.43 Å². The van der Waals surface area contributed by atoms with Crippen LogP contribution in [-0.2, 0) is 4.79 Å². The summed E-state index contributed by atoms with van der Waals surface area (Å²) in [5.74, 6) is -0.0928. The Morgan fingerprint density at radius 3 is 2.56 bits per heavy atom. The highest BCUT2D eigenvalue weighted by atomic mass is 16.8. The summed E-state index contributed by atoms with van der Waals surface area (Å²) in [4.78, 5) is 11.1. The van der Waals surface area contributed by atoms with E-state index < -0.39 is 5.23 Å². The zero-order chi connectivity index (χ0) is 12.0. The van der Waals surface area contributed by atoms with Crippen molar-refractivity contribution in [3.05, 3.63) is 29.5 Å². The number of hydrazine groups is 1. The number of hydrogen-bond donors (Lipinski definition) is 4. The van der Waals surface area contributed by atoms with Crippen molar-refractivity contribution in [2.75, 3.05) is 5.43 Å². The molecule has 0 heterocycles. The van der Waals surface area contributed by atoms with Crippen LogP contribution in [0.4, 0.5) is 11.4 Å². The van der Waals surface area contributed by atoms with E-state index in [0.717, 1.165) is 6.42 Å². The molecule has 1 aromatic carbocycles. The summed E-state index contributed by atoms with van der Waals surface area (Å²) in [6.45, 7) is 1.92. The Morgan fingerprint density at radius 2 is 2.06 bits per heavy atom. The van der Waals surface area contributed by atoms with E-state index in [1.807, 2.05) is 6.92 Å². The standard InChI is InChI=1S/C10H15N3O3/c1-2-3-10(14)12-11-8-4-6-9(7-5-8)13(15)16/h4-7,11,13,15H,2-3H2,1H3,(H,12,14). The Labute approximate surface area is 93.4 Å². The first-order chi connectivity index (χ1) is 7.63. The van der Waals surface area contributed by atoms with Crippen LogP contribution in [0.25, 0.3) is 0 Å². The van der Waals surface area contributed by atoms with Crippen molar-refractivity contribution >= 4 is 17.3 Å². The van der Waals surface area contributed by atoms with Gasteiger partial charge in [-0.25, -0.2) is 5.21 Å². The second kappa shape index (κ2) is 6.06. The van der Waals surface area contributed by atoms with E-state index in [0.29, 0.717) is 12.1 Å². The first-order valence-electron chi connectivity index (χ1n) is 5.01. The number of hydrogen-bond acceptors (Lipinski definition) is 4. The SMILES string of the molecule is CCCC(=O)NNc1ccc([NH+]([O-])O)cc1. The topological polar surface area (TPSA) is 88.9 Å². The van der Waals surface area contributed by atoms with Crippen LogP contribution in [0.1, 0.15) is 19.8 Å². The molecule has 0 spiro atoms. The van der Waals surface area contributed by atoms with Crippen LogP contribution >= 0.6 is 0 Å². The molecule has 1 amide bonds. The molecular formula is C10H15N3O3. The maximum atomic E-state index is 11.1. The molecule has 88 valence electrons. The Morgan fingerprint density at radius 1 is 1.44 bits per heavy atom. The quantitative estimate of drug-likeness (QED) is 0.544. The molecule has 1 rings (SSSR count). The summed E-state index contributed by atoms with van der Waals surface area (Å²) in [7, 11) is 0. The van der Waals surface area contributed by atoms with Gasteiger partial charge in [0.2, 0.25) is 5.91 Å². The van der Waals surface area contributed by atoms with E-state index in [4.69, 9.17) is 5.21 Å². The molecule has 4 N–H and O–H groups in total. The van der Waals surface area contributed by atoms with Gasteiger partial charge in [0.1, 0.15) is 0 Å². The first-order valence-corrected chi connectivity index (χ1v) is 5.01. The van der Waals surface area contributed by atoms with Crippen molar-refractivity contribution in [3.63, 3.8) is 0 Å². The van der Waals surface area contributed by atoms with Gasteiger partial charge in [0.25, 0.3) is 0 Å². The predicted molar refractivity (Wildman–Crippen MR) is 58.9 cm³/mol. The largest absolute Gasteiger partial charge is 0.595 e. The van der Waals surface area contributed by atoms with Crippen molar-refractivity contribution in [2.45, 2.75) is 19.8 Å². The van der Waals surface area contributed by atoms with Gasteiger partial charge in [-0.15, -0.1) is 0 Å². The normalized spacial score (nSPS) is 11.9. The lowest BCUT2D eigenvalue weighted by Crippen LogP contribution is -2.99. The minimum atomic E-state index is -0.971. The highest BCUT2D eigenvalue weighted by Gasteiger charge is 2.00. The van der Waals surface area contributed by atoms with E-state index in [1.165, 1.54) is 12.1 Å². The first kappa shape index (κ1) is 12.4. The molecule has 0 aliphatic carbocycles. The lowest BCUT2D eigenvalue weighted by Gasteiger charge is -2.12. The molecule has 1 atom stereocenters. The molecule has 1 aromatic rings. The Balaban J connectivity index is 2.46. The Hall–Kier alpha value is -1.63. The summed E-state index contributed by atoms with van der Waals surface area (Å²) < 4.78 is 0. The lowest BCUT2D eigenvalue weighted by atomic mass is 10.3. The van der Waals surface area contributed by atoms with E-state index >= 15 is 0 Å². The van der Waals surface area contributed by atoms with Gasteiger partial charge in [-0.2, -0.15) is 5.23 Å². The summed E-state index contributed by atoms with van der Waals surface area (Å²) >= 11 is 0. The number of anilines is 1. The number of nitrogens with one attached hydrogen (secondary N) is 3. The van der Waals surface area contributed by atoms with Gasteiger partial charge in [-0.1, -0.05) is 6.92 Å². The van der Waals surface area contributed by atoms with Gasteiger partial charge in [-0.3, -0.25) is 15.6 Å². The van der Waals surface area contributed by atoms with Crippen molar-refractivity contribution in [3.8, 4) is 0 Å². The number of amides is 1. The summed E-state index contributed by atoms with van der Waals surface area (Å²) in [6.07, 6.45) is 1.24. The average molecular weight is 225 g/mol. The van der Waals surface area contributed by atoms with Gasteiger partial charge < -0.3 is 5.21 Å². The fourth-order valence-electron chi connectivity index (χ4n) is 1.13. The molecule has 0 aliphatic rings. The molecule has 6 nitrogen and oxygen atoms in total. The second-order valence-electron chi connectivity index (χ2n) is 3.31. The van der Waals surface area contributed by atoms with Crippen LogP contribution in [-0.4, -0.2) is 11.1 Å². The maximum absolute atomic E-state index is 11.1. The molecule has 6 heteroatoms. The predicted octanol–water partition coefficient (Wildman–Crippen LogP) is 0.333. The molecule has 16 heavy (non-hydrogen) atoms. The smallest absolute Gasteiger partial charge is 0.238 e. The molecule has 0 saturated heterocycles.